The van der Waals surface area contributed by atoms with Crippen molar-refractivity contribution in [2.45, 2.75) is 31.5 Å². The molecule has 1 aliphatic carbocycles. The van der Waals surface area contributed by atoms with E-state index in [9.17, 15) is 8.78 Å². The summed E-state index contributed by atoms with van der Waals surface area (Å²) in [6.07, 6.45) is 1.01. The van der Waals surface area contributed by atoms with Gasteiger partial charge in [0.2, 0.25) is 0 Å². The molecule has 0 spiro atoms. The van der Waals surface area contributed by atoms with Crippen molar-refractivity contribution in [3.05, 3.63) is 29.6 Å². The predicted octanol–water partition coefficient (Wildman–Crippen LogP) is 2.55. The van der Waals surface area contributed by atoms with E-state index in [1.54, 1.807) is 12.1 Å². The molecule has 1 saturated carbocycles. The van der Waals surface area contributed by atoms with Crippen molar-refractivity contribution < 1.29 is 13.5 Å². The average Bonchev–Trinajstić information content (AvgIpc) is 3.26. The van der Waals surface area contributed by atoms with Gasteiger partial charge >= 0.3 is 0 Å². The number of benzene rings is 1. The van der Waals surface area contributed by atoms with Crippen molar-refractivity contribution in [1.82, 2.24) is 0 Å². The highest BCUT2D eigenvalue weighted by molar-refractivity contribution is 5.73. The lowest BCUT2D eigenvalue weighted by Crippen LogP contribution is -2.43. The summed E-state index contributed by atoms with van der Waals surface area (Å²) in [5.74, 6) is 0.204. The fourth-order valence-corrected chi connectivity index (χ4v) is 2.49. The van der Waals surface area contributed by atoms with Gasteiger partial charge in [0.25, 0.3) is 6.02 Å². The number of ether oxygens (including phenoxy) is 1. The Morgan fingerprint density at radius 3 is 2.95 bits per heavy atom. The number of aliphatic imine (C=N–C) groups is 1. The number of rotatable bonds is 4. The van der Waals surface area contributed by atoms with Crippen molar-refractivity contribution in [2.75, 3.05) is 18.5 Å². The maximum Gasteiger partial charge on any atom is 0.283 e. The third-order valence-corrected chi connectivity index (χ3v) is 4.13. The Bertz CT molecular complexity index is 574. The molecule has 1 aromatic carbocycles. The second-order valence-electron chi connectivity index (χ2n) is 5.90. The minimum absolute atomic E-state index is 0.109. The van der Waals surface area contributed by atoms with Crippen molar-refractivity contribution in [3.8, 4) is 0 Å². The molecule has 4 nitrogen and oxygen atoms in total. The number of amidine groups is 1. The summed E-state index contributed by atoms with van der Waals surface area (Å²) in [6.45, 7) is 2.18. The van der Waals surface area contributed by atoms with Crippen LogP contribution in [0.2, 0.25) is 0 Å². The Balaban J connectivity index is 1.91. The summed E-state index contributed by atoms with van der Waals surface area (Å²) >= 11 is 0. The molecule has 114 valence electrons. The third kappa shape index (κ3) is 2.80. The number of hydrogen-bond acceptors (Lipinski definition) is 4. The first-order valence-electron chi connectivity index (χ1n) is 7.15. The first-order chi connectivity index (χ1) is 9.99. The van der Waals surface area contributed by atoms with E-state index in [0.29, 0.717) is 5.92 Å². The molecule has 3 rings (SSSR count). The number of hydrogen-bond donors (Lipinski definition) is 2. The summed E-state index contributed by atoms with van der Waals surface area (Å²) in [5, 5.41) is 3.26. The van der Waals surface area contributed by atoms with Gasteiger partial charge in [0.1, 0.15) is 18.0 Å². The van der Waals surface area contributed by atoms with Gasteiger partial charge in [-0.15, -0.1) is 0 Å². The molecule has 0 amide bonds. The molecule has 2 aliphatic rings. The van der Waals surface area contributed by atoms with Crippen molar-refractivity contribution in [2.24, 2.45) is 16.6 Å². The zero-order valence-electron chi connectivity index (χ0n) is 11.9. The lowest BCUT2D eigenvalue weighted by molar-refractivity contribution is 0.0923. The zero-order chi connectivity index (χ0) is 15.0. The van der Waals surface area contributed by atoms with Crippen molar-refractivity contribution in [1.29, 1.82) is 0 Å². The Morgan fingerprint density at radius 2 is 2.24 bits per heavy atom. The Kier molecular flexibility index (Phi) is 3.47. The third-order valence-electron chi connectivity index (χ3n) is 4.13. The van der Waals surface area contributed by atoms with Crippen LogP contribution in [0.25, 0.3) is 0 Å². The molecule has 0 aromatic heterocycles. The predicted molar refractivity (Wildman–Crippen MR) is 77.4 cm³/mol. The molecule has 0 unspecified atom stereocenters. The normalized spacial score (nSPS) is 28.7. The molecule has 21 heavy (non-hydrogen) atoms. The molecular formula is C15H19F2N3O. The monoisotopic (exact) mass is 295 g/mol. The van der Waals surface area contributed by atoms with E-state index in [2.05, 4.69) is 10.3 Å². The lowest BCUT2D eigenvalue weighted by atomic mass is 9.86. The van der Waals surface area contributed by atoms with E-state index in [-0.39, 0.29) is 18.2 Å². The van der Waals surface area contributed by atoms with Gasteiger partial charge in [0.15, 0.2) is 6.17 Å². The van der Waals surface area contributed by atoms with E-state index in [4.69, 9.17) is 10.5 Å². The molecule has 3 N–H and O–H groups in total. The SMILES string of the molecule is C[C@]1(c2cc(NCC3CC3)ccc2F)N=C(N)OC[C@@H]1F. The average molecular weight is 295 g/mol. The molecule has 0 radical (unpaired) electrons. The van der Waals surface area contributed by atoms with Crippen LogP contribution in [0.3, 0.4) is 0 Å². The smallest absolute Gasteiger partial charge is 0.283 e. The van der Waals surface area contributed by atoms with Crippen LogP contribution in [0.1, 0.15) is 25.3 Å². The van der Waals surface area contributed by atoms with Crippen molar-refractivity contribution in [3.63, 3.8) is 0 Å². The maximum absolute atomic E-state index is 14.3. The number of anilines is 1. The van der Waals surface area contributed by atoms with Crippen LogP contribution in [-0.2, 0) is 10.3 Å². The molecule has 0 saturated heterocycles. The van der Waals surface area contributed by atoms with E-state index in [1.165, 1.54) is 25.8 Å². The van der Waals surface area contributed by atoms with Crippen LogP contribution in [0.4, 0.5) is 14.5 Å². The van der Waals surface area contributed by atoms with Gasteiger partial charge < -0.3 is 15.8 Å². The topological polar surface area (TPSA) is 59.6 Å². The highest BCUT2D eigenvalue weighted by Crippen LogP contribution is 2.37. The van der Waals surface area contributed by atoms with E-state index >= 15 is 0 Å². The quantitative estimate of drug-likeness (QED) is 0.897. The van der Waals surface area contributed by atoms with Crippen LogP contribution in [0.15, 0.2) is 23.2 Å². The number of alkyl halides is 1. The van der Waals surface area contributed by atoms with E-state index in [1.807, 2.05) is 0 Å². The second-order valence-corrected chi connectivity index (χ2v) is 5.90. The van der Waals surface area contributed by atoms with Gasteiger partial charge in [0.05, 0.1) is 0 Å². The highest BCUT2D eigenvalue weighted by atomic mass is 19.1. The molecule has 6 heteroatoms. The zero-order valence-corrected chi connectivity index (χ0v) is 11.9. The summed E-state index contributed by atoms with van der Waals surface area (Å²) in [5.41, 5.74) is 5.14. The fourth-order valence-electron chi connectivity index (χ4n) is 2.49. The van der Waals surface area contributed by atoms with Crippen LogP contribution >= 0.6 is 0 Å². The largest absolute Gasteiger partial charge is 0.462 e. The summed E-state index contributed by atoms with van der Waals surface area (Å²) in [7, 11) is 0. The number of nitrogens with two attached hydrogens (primary N) is 1. The second kappa shape index (κ2) is 5.16. The number of halogens is 2. The van der Waals surface area contributed by atoms with Crippen molar-refractivity contribution >= 4 is 11.7 Å². The van der Waals surface area contributed by atoms with Crippen LogP contribution in [0.5, 0.6) is 0 Å². The minimum atomic E-state index is -1.45. The van der Waals surface area contributed by atoms with Gasteiger partial charge in [-0.2, -0.15) is 0 Å². The molecule has 1 heterocycles. The highest BCUT2D eigenvalue weighted by Gasteiger charge is 2.42. The lowest BCUT2D eigenvalue weighted by Gasteiger charge is -2.33. The summed E-state index contributed by atoms with van der Waals surface area (Å²) in [4.78, 5) is 4.00. The molecular weight excluding hydrogens is 276 g/mol. The maximum atomic E-state index is 14.3. The molecule has 1 fully saturated rings. The summed E-state index contributed by atoms with van der Waals surface area (Å²) < 4.78 is 33.3. The number of nitrogens with one attached hydrogen (secondary N) is 1. The first-order valence-corrected chi connectivity index (χ1v) is 7.15. The van der Waals surface area contributed by atoms with Crippen LogP contribution in [0, 0.1) is 11.7 Å². The van der Waals surface area contributed by atoms with Crippen LogP contribution in [-0.4, -0.2) is 25.3 Å². The Labute approximate surface area is 122 Å². The van der Waals surface area contributed by atoms with Crippen LogP contribution < -0.4 is 11.1 Å². The standard InChI is InChI=1S/C15H19F2N3O/c1-15(13(17)8-21-14(18)20-15)11-6-10(4-5-12(11)16)19-7-9-2-3-9/h4-6,9,13,19H,2-3,7-8H2,1H3,(H2,18,20)/t13-,15+/m0/s1. The first kappa shape index (κ1) is 14.1. The van der Waals surface area contributed by atoms with E-state index in [0.717, 1.165) is 12.2 Å². The molecule has 0 bridgehead atoms. The van der Waals surface area contributed by atoms with Gasteiger partial charge in [-0.1, -0.05) is 0 Å². The van der Waals surface area contributed by atoms with E-state index < -0.39 is 17.5 Å². The Morgan fingerprint density at radius 1 is 1.48 bits per heavy atom. The summed E-state index contributed by atoms with van der Waals surface area (Å²) in [6, 6.07) is 4.50. The molecule has 1 aliphatic heterocycles. The van der Waals surface area contributed by atoms with Gasteiger partial charge in [-0.25, -0.2) is 13.8 Å². The molecule has 2 atom stereocenters. The van der Waals surface area contributed by atoms with Gasteiger partial charge in [-0.05, 0) is 43.9 Å². The van der Waals surface area contributed by atoms with Gasteiger partial charge in [0, 0.05) is 17.8 Å². The Hall–Kier alpha value is -1.85. The fraction of sp³-hybridized carbons (Fsp3) is 0.533. The minimum Gasteiger partial charge on any atom is -0.462 e. The van der Waals surface area contributed by atoms with Gasteiger partial charge in [-0.3, -0.25) is 0 Å². The molecule has 1 aromatic rings. The number of nitrogens with zero attached hydrogens (tertiary/aromatic N) is 1.